The van der Waals surface area contributed by atoms with E-state index in [-0.39, 0.29) is 17.8 Å². The summed E-state index contributed by atoms with van der Waals surface area (Å²) in [4.78, 5) is 13.4. The Bertz CT molecular complexity index is 1160. The van der Waals surface area contributed by atoms with Gasteiger partial charge in [0.25, 0.3) is 0 Å². The maximum Gasteiger partial charge on any atom is 0.314 e. The number of hydrogen-bond donors (Lipinski definition) is 0. The van der Waals surface area contributed by atoms with Crippen molar-refractivity contribution in [1.29, 1.82) is 0 Å². The monoisotopic (exact) mass is 438 g/mol. The molecule has 0 N–H and O–H groups in total. The third-order valence-electron chi connectivity index (χ3n) is 6.26. The van der Waals surface area contributed by atoms with Gasteiger partial charge < -0.3 is 4.74 Å². The van der Waals surface area contributed by atoms with Crippen LogP contribution in [0.15, 0.2) is 103 Å². The molecule has 1 aliphatic rings. The van der Waals surface area contributed by atoms with E-state index >= 15 is 0 Å². The molecule has 0 aliphatic heterocycles. The van der Waals surface area contributed by atoms with Crippen molar-refractivity contribution in [3.8, 4) is 28.0 Å². The molecule has 2 nitrogen and oxygen atoms in total. The number of para-hydroxylation sites is 1. The van der Waals surface area contributed by atoms with Gasteiger partial charge in [0, 0.05) is 16.1 Å². The quantitative estimate of drug-likeness (QED) is 0.235. The highest BCUT2D eigenvalue weighted by atomic mass is 35.5. The van der Waals surface area contributed by atoms with Crippen LogP contribution in [0.5, 0.6) is 5.75 Å². The van der Waals surface area contributed by atoms with E-state index in [1.54, 1.807) is 0 Å². The average Bonchev–Trinajstić information content (AvgIpc) is 2.81. The van der Waals surface area contributed by atoms with Gasteiger partial charge in [0.2, 0.25) is 0 Å². The molecule has 158 valence electrons. The van der Waals surface area contributed by atoms with Gasteiger partial charge in [-0.05, 0) is 47.6 Å². The molecule has 1 saturated carbocycles. The molecular weight excluding hydrogens is 416 g/mol. The van der Waals surface area contributed by atoms with E-state index in [4.69, 9.17) is 16.3 Å². The average molecular weight is 439 g/mol. The maximum atomic E-state index is 13.4. The molecule has 4 aromatic rings. The summed E-state index contributed by atoms with van der Waals surface area (Å²) in [6.45, 7) is 0. The Morgan fingerprint density at radius 3 is 1.75 bits per heavy atom. The van der Waals surface area contributed by atoms with E-state index in [1.807, 2.05) is 103 Å². The second-order valence-corrected chi connectivity index (χ2v) is 8.61. The van der Waals surface area contributed by atoms with Crippen molar-refractivity contribution in [1.82, 2.24) is 0 Å². The Morgan fingerprint density at radius 2 is 1.25 bits per heavy atom. The number of benzene rings is 4. The molecule has 0 saturated heterocycles. The second-order valence-electron chi connectivity index (χ2n) is 8.18. The van der Waals surface area contributed by atoms with Gasteiger partial charge in [-0.1, -0.05) is 103 Å². The lowest BCUT2D eigenvalue weighted by Crippen LogP contribution is -2.34. The zero-order valence-corrected chi connectivity index (χ0v) is 18.3. The van der Waals surface area contributed by atoms with Crippen molar-refractivity contribution in [3.63, 3.8) is 0 Å². The van der Waals surface area contributed by atoms with Gasteiger partial charge in [0.05, 0.1) is 5.92 Å². The van der Waals surface area contributed by atoms with Gasteiger partial charge in [-0.2, -0.15) is 0 Å². The predicted molar refractivity (Wildman–Crippen MR) is 130 cm³/mol. The van der Waals surface area contributed by atoms with Crippen LogP contribution in [0.1, 0.15) is 24.3 Å². The number of carbonyl (C=O) groups excluding carboxylic acids is 1. The van der Waals surface area contributed by atoms with Crippen molar-refractivity contribution in [2.24, 2.45) is 5.92 Å². The van der Waals surface area contributed by atoms with Crippen molar-refractivity contribution < 1.29 is 9.53 Å². The van der Waals surface area contributed by atoms with Crippen LogP contribution < -0.4 is 4.74 Å². The molecule has 0 spiro atoms. The van der Waals surface area contributed by atoms with Gasteiger partial charge in [0.15, 0.2) is 0 Å². The highest BCUT2D eigenvalue weighted by molar-refractivity contribution is 6.30. The Labute approximate surface area is 193 Å². The molecule has 4 aromatic carbocycles. The lowest BCUT2D eigenvalue weighted by atomic mass is 9.70. The second kappa shape index (κ2) is 9.02. The van der Waals surface area contributed by atoms with Crippen LogP contribution in [0, 0.1) is 5.92 Å². The van der Waals surface area contributed by atoms with Gasteiger partial charge in [-0.3, -0.25) is 4.79 Å². The molecule has 1 fully saturated rings. The van der Waals surface area contributed by atoms with E-state index in [2.05, 4.69) is 0 Å². The first-order chi connectivity index (χ1) is 15.7. The van der Waals surface area contributed by atoms with Crippen LogP contribution in [-0.2, 0) is 4.79 Å². The first-order valence-corrected chi connectivity index (χ1v) is 11.3. The summed E-state index contributed by atoms with van der Waals surface area (Å²) in [5, 5.41) is 0.705. The fourth-order valence-corrected chi connectivity index (χ4v) is 4.53. The van der Waals surface area contributed by atoms with Crippen molar-refractivity contribution >= 4 is 17.6 Å². The number of rotatable bonds is 5. The molecule has 0 heterocycles. The number of ether oxygens (including phenoxy) is 1. The molecule has 2 atom stereocenters. The lowest BCUT2D eigenvalue weighted by molar-refractivity contribution is -0.142. The summed E-state index contributed by atoms with van der Waals surface area (Å²) in [5.41, 5.74) is 5.03. The number of esters is 1. The van der Waals surface area contributed by atoms with Gasteiger partial charge in [-0.15, -0.1) is 0 Å². The number of hydrogen-bond acceptors (Lipinski definition) is 2. The highest BCUT2D eigenvalue weighted by Crippen LogP contribution is 2.45. The Hall–Kier alpha value is -3.36. The summed E-state index contributed by atoms with van der Waals surface area (Å²) in [6, 6.07) is 34.0. The highest BCUT2D eigenvalue weighted by Gasteiger charge is 2.39. The summed E-state index contributed by atoms with van der Waals surface area (Å²) < 4.78 is 6.20. The SMILES string of the molecule is O=C(Oc1c(-c2ccccc2)cccc1-c1ccccc1)[C@H]1CC[C@@H]1c1ccc(Cl)cc1. The summed E-state index contributed by atoms with van der Waals surface area (Å²) in [6.07, 6.45) is 1.81. The van der Waals surface area contributed by atoms with E-state index < -0.39 is 0 Å². The van der Waals surface area contributed by atoms with Crippen LogP contribution in [0.4, 0.5) is 0 Å². The largest absolute Gasteiger partial charge is 0.425 e. The van der Waals surface area contributed by atoms with Gasteiger partial charge in [-0.25, -0.2) is 0 Å². The van der Waals surface area contributed by atoms with Crippen LogP contribution in [-0.4, -0.2) is 5.97 Å². The third-order valence-corrected chi connectivity index (χ3v) is 6.51. The molecule has 0 radical (unpaired) electrons. The summed E-state index contributed by atoms with van der Waals surface area (Å²) in [5.74, 6) is 0.473. The normalized spacial score (nSPS) is 17.4. The summed E-state index contributed by atoms with van der Waals surface area (Å²) in [7, 11) is 0. The van der Waals surface area contributed by atoms with Crippen molar-refractivity contribution in [2.75, 3.05) is 0 Å². The minimum absolute atomic E-state index is 0.149. The number of halogens is 1. The first kappa shape index (κ1) is 20.5. The molecular formula is C29H23ClO2. The summed E-state index contributed by atoms with van der Waals surface area (Å²) >= 11 is 6.04. The van der Waals surface area contributed by atoms with Crippen molar-refractivity contribution in [2.45, 2.75) is 18.8 Å². The van der Waals surface area contributed by atoms with Crippen LogP contribution in [0.2, 0.25) is 5.02 Å². The zero-order valence-electron chi connectivity index (χ0n) is 17.6. The predicted octanol–water partition coefficient (Wildman–Crippen LogP) is 7.77. The zero-order chi connectivity index (χ0) is 21.9. The minimum atomic E-state index is -0.170. The van der Waals surface area contributed by atoms with E-state index in [9.17, 15) is 4.79 Å². The van der Waals surface area contributed by atoms with Crippen LogP contribution in [0.25, 0.3) is 22.3 Å². The standard InChI is InChI=1S/C29H23ClO2/c30-23-16-14-22(15-17-23)24-18-19-27(24)29(31)32-28-25(20-8-3-1-4-9-20)12-7-13-26(28)21-10-5-2-6-11-21/h1-17,24,27H,18-19H2/t24-,27+/m1/s1. The molecule has 0 aromatic heterocycles. The molecule has 0 amide bonds. The smallest absolute Gasteiger partial charge is 0.314 e. The third kappa shape index (κ3) is 4.06. The molecule has 32 heavy (non-hydrogen) atoms. The fourth-order valence-electron chi connectivity index (χ4n) is 4.40. The molecule has 0 unspecified atom stereocenters. The lowest BCUT2D eigenvalue weighted by Gasteiger charge is -2.35. The van der Waals surface area contributed by atoms with Gasteiger partial charge >= 0.3 is 5.97 Å². The van der Waals surface area contributed by atoms with E-state index in [1.165, 1.54) is 0 Å². The Morgan fingerprint density at radius 1 is 0.688 bits per heavy atom. The first-order valence-electron chi connectivity index (χ1n) is 10.9. The van der Waals surface area contributed by atoms with E-state index in [0.717, 1.165) is 40.7 Å². The van der Waals surface area contributed by atoms with Crippen LogP contribution >= 0.6 is 11.6 Å². The Kier molecular flexibility index (Phi) is 5.79. The van der Waals surface area contributed by atoms with Crippen molar-refractivity contribution in [3.05, 3.63) is 114 Å². The minimum Gasteiger partial charge on any atom is -0.425 e. The molecule has 0 bridgehead atoms. The Balaban J connectivity index is 1.50. The number of carbonyl (C=O) groups is 1. The van der Waals surface area contributed by atoms with E-state index in [0.29, 0.717) is 10.8 Å². The topological polar surface area (TPSA) is 26.3 Å². The molecule has 5 rings (SSSR count). The van der Waals surface area contributed by atoms with Gasteiger partial charge in [0.1, 0.15) is 5.75 Å². The van der Waals surface area contributed by atoms with Crippen LogP contribution in [0.3, 0.4) is 0 Å². The fraction of sp³-hybridized carbons (Fsp3) is 0.138. The maximum absolute atomic E-state index is 13.4. The molecule has 1 aliphatic carbocycles. The molecule has 3 heteroatoms.